The fraction of sp³-hybridized carbons (Fsp3) is 0.154. The van der Waals surface area contributed by atoms with Crippen LogP contribution in [-0.4, -0.2) is 15.9 Å². The number of aryl methyl sites for hydroxylation is 2. The molecule has 0 bridgehead atoms. The molecule has 162 valence electrons. The Balaban J connectivity index is 1.65. The Morgan fingerprint density at radius 2 is 1.69 bits per heavy atom. The normalized spacial score (nSPS) is 10.8. The maximum atomic E-state index is 13.2. The number of carbonyl (C=O) groups excluding carboxylic acids is 1. The zero-order valence-electron chi connectivity index (χ0n) is 18.0. The molecule has 1 heterocycles. The summed E-state index contributed by atoms with van der Waals surface area (Å²) in [7, 11) is 0. The molecule has 0 fully saturated rings. The first kappa shape index (κ1) is 21.3. The summed E-state index contributed by atoms with van der Waals surface area (Å²) in [6, 6.07) is 20.7. The van der Waals surface area contributed by atoms with E-state index in [2.05, 4.69) is 10.3 Å². The van der Waals surface area contributed by atoms with E-state index in [0.717, 1.165) is 27.6 Å². The Labute approximate surface area is 185 Å². The summed E-state index contributed by atoms with van der Waals surface area (Å²) in [4.78, 5) is 30.4. The largest absolute Gasteiger partial charge is 0.322 e. The van der Waals surface area contributed by atoms with E-state index in [1.54, 1.807) is 4.90 Å². The molecule has 0 atom stereocenters. The number of hydrogen-bond donors (Lipinski definition) is 2. The molecule has 0 saturated carbocycles. The molecule has 1 aromatic heterocycles. The van der Waals surface area contributed by atoms with Crippen molar-refractivity contribution >= 4 is 22.6 Å². The molecular weight excluding hydrogens is 405 g/mol. The van der Waals surface area contributed by atoms with Crippen LogP contribution in [0, 0.1) is 19.7 Å². The zero-order valence-corrected chi connectivity index (χ0v) is 18.0. The number of nitrogens with one attached hydrogen (secondary N) is 2. The van der Waals surface area contributed by atoms with Crippen LogP contribution in [0.4, 0.5) is 14.9 Å². The number of aromatic amines is 1. The second kappa shape index (κ2) is 9.06. The Bertz CT molecular complexity index is 1310. The van der Waals surface area contributed by atoms with Gasteiger partial charge in [-0.1, -0.05) is 48.0 Å². The molecule has 4 aromatic rings. The van der Waals surface area contributed by atoms with Gasteiger partial charge in [0, 0.05) is 17.8 Å². The lowest BCUT2D eigenvalue weighted by Gasteiger charge is -2.23. The number of urea groups is 1. The quantitative estimate of drug-likeness (QED) is 0.439. The maximum absolute atomic E-state index is 13.2. The van der Waals surface area contributed by atoms with Crippen molar-refractivity contribution in [3.05, 3.63) is 111 Å². The first-order chi connectivity index (χ1) is 15.4. The summed E-state index contributed by atoms with van der Waals surface area (Å²) in [5.74, 6) is -0.377. The topological polar surface area (TPSA) is 65.2 Å². The van der Waals surface area contributed by atoms with E-state index < -0.39 is 0 Å². The van der Waals surface area contributed by atoms with Gasteiger partial charge in [0.1, 0.15) is 5.82 Å². The third-order valence-corrected chi connectivity index (χ3v) is 5.40. The van der Waals surface area contributed by atoms with Crippen LogP contribution >= 0.6 is 0 Å². The van der Waals surface area contributed by atoms with E-state index in [1.807, 2.05) is 62.4 Å². The Kier molecular flexibility index (Phi) is 6.03. The van der Waals surface area contributed by atoms with Gasteiger partial charge in [0.2, 0.25) is 0 Å². The van der Waals surface area contributed by atoms with Gasteiger partial charge in [0.15, 0.2) is 0 Å². The molecule has 4 rings (SSSR count). The van der Waals surface area contributed by atoms with E-state index in [1.165, 1.54) is 24.3 Å². The molecular formula is C26H24FN3O2. The molecule has 0 unspecified atom stereocenters. The van der Waals surface area contributed by atoms with Crippen LogP contribution in [0.3, 0.4) is 0 Å². The molecule has 0 aliphatic carbocycles. The summed E-state index contributed by atoms with van der Waals surface area (Å²) < 4.78 is 13.2. The van der Waals surface area contributed by atoms with Crippen molar-refractivity contribution in [3.63, 3.8) is 0 Å². The number of amides is 2. The van der Waals surface area contributed by atoms with Gasteiger partial charge >= 0.3 is 6.03 Å². The fourth-order valence-corrected chi connectivity index (χ4v) is 3.60. The number of para-hydroxylation sites is 1. The highest BCUT2D eigenvalue weighted by Gasteiger charge is 2.17. The number of carbonyl (C=O) groups is 1. The lowest BCUT2D eigenvalue weighted by Crippen LogP contribution is -2.35. The van der Waals surface area contributed by atoms with Crippen LogP contribution < -0.4 is 10.9 Å². The predicted octanol–water partition coefficient (Wildman–Crippen LogP) is 5.52. The van der Waals surface area contributed by atoms with E-state index >= 15 is 0 Å². The fourth-order valence-electron chi connectivity index (χ4n) is 3.60. The number of benzene rings is 3. The van der Waals surface area contributed by atoms with Crippen LogP contribution in [0.2, 0.25) is 0 Å². The Morgan fingerprint density at radius 3 is 2.41 bits per heavy atom. The van der Waals surface area contributed by atoms with Gasteiger partial charge in [-0.05, 0) is 60.7 Å². The molecule has 3 aromatic carbocycles. The standard InChI is InChI=1S/C26H24FN3O2/c1-17-6-8-19(9-7-17)15-30(26(32)28-23-12-10-22(27)11-13-23)16-21-14-20-5-3-4-18(2)24(20)29-25(21)31/h3-14H,15-16H2,1-2H3,(H,28,32)(H,29,31). The average molecular weight is 429 g/mol. The van der Waals surface area contributed by atoms with Crippen LogP contribution in [0.5, 0.6) is 0 Å². The van der Waals surface area contributed by atoms with E-state index in [9.17, 15) is 14.0 Å². The van der Waals surface area contributed by atoms with E-state index in [-0.39, 0.29) is 24.0 Å². The molecule has 0 aliphatic heterocycles. The third-order valence-electron chi connectivity index (χ3n) is 5.40. The zero-order chi connectivity index (χ0) is 22.7. The van der Waals surface area contributed by atoms with Crippen LogP contribution in [-0.2, 0) is 13.1 Å². The summed E-state index contributed by atoms with van der Waals surface area (Å²) in [5.41, 5.74) is 4.59. The Morgan fingerprint density at radius 1 is 0.969 bits per heavy atom. The first-order valence-corrected chi connectivity index (χ1v) is 10.4. The SMILES string of the molecule is Cc1ccc(CN(Cc2cc3cccc(C)c3[nH]c2=O)C(=O)Nc2ccc(F)cc2)cc1. The van der Waals surface area contributed by atoms with Crippen LogP contribution in [0.25, 0.3) is 10.9 Å². The van der Waals surface area contributed by atoms with Crippen molar-refractivity contribution in [2.24, 2.45) is 0 Å². The van der Waals surface area contributed by atoms with E-state index in [0.29, 0.717) is 17.8 Å². The van der Waals surface area contributed by atoms with Crippen molar-refractivity contribution in [2.75, 3.05) is 5.32 Å². The highest BCUT2D eigenvalue weighted by Crippen LogP contribution is 2.18. The molecule has 0 spiro atoms. The second-order valence-corrected chi connectivity index (χ2v) is 7.94. The number of aromatic nitrogens is 1. The third kappa shape index (κ3) is 4.86. The average Bonchev–Trinajstić information content (AvgIpc) is 2.77. The molecule has 0 aliphatic rings. The summed E-state index contributed by atoms with van der Waals surface area (Å²) in [6.45, 7) is 4.38. The smallest absolute Gasteiger partial charge is 0.321 e. The molecule has 32 heavy (non-hydrogen) atoms. The number of halogens is 1. The van der Waals surface area contributed by atoms with Gasteiger partial charge < -0.3 is 15.2 Å². The summed E-state index contributed by atoms with van der Waals surface area (Å²) in [6.07, 6.45) is 0. The number of H-pyrrole nitrogens is 1. The van der Waals surface area contributed by atoms with E-state index in [4.69, 9.17) is 0 Å². The second-order valence-electron chi connectivity index (χ2n) is 7.94. The number of rotatable bonds is 5. The van der Waals surface area contributed by atoms with Crippen LogP contribution in [0.15, 0.2) is 77.6 Å². The van der Waals surface area contributed by atoms with Gasteiger partial charge in [-0.25, -0.2) is 9.18 Å². The van der Waals surface area contributed by atoms with Gasteiger partial charge in [-0.2, -0.15) is 0 Å². The minimum atomic E-state index is -0.377. The van der Waals surface area contributed by atoms with Crippen molar-refractivity contribution in [1.82, 2.24) is 9.88 Å². The van der Waals surface area contributed by atoms with Gasteiger partial charge in [0.05, 0.1) is 12.1 Å². The molecule has 2 N–H and O–H groups in total. The lowest BCUT2D eigenvalue weighted by molar-refractivity contribution is 0.206. The van der Waals surface area contributed by atoms with Crippen molar-refractivity contribution < 1.29 is 9.18 Å². The number of pyridine rings is 1. The lowest BCUT2D eigenvalue weighted by atomic mass is 10.1. The minimum absolute atomic E-state index is 0.125. The van der Waals surface area contributed by atoms with Gasteiger partial charge in [0.25, 0.3) is 5.56 Å². The van der Waals surface area contributed by atoms with Crippen LogP contribution in [0.1, 0.15) is 22.3 Å². The molecule has 6 heteroatoms. The van der Waals surface area contributed by atoms with Crippen molar-refractivity contribution in [3.8, 4) is 0 Å². The maximum Gasteiger partial charge on any atom is 0.322 e. The number of fused-ring (bicyclic) bond motifs is 1. The molecule has 2 amide bonds. The molecule has 0 saturated heterocycles. The number of anilines is 1. The number of hydrogen-bond acceptors (Lipinski definition) is 2. The van der Waals surface area contributed by atoms with Crippen molar-refractivity contribution in [2.45, 2.75) is 26.9 Å². The summed E-state index contributed by atoms with van der Waals surface area (Å²) >= 11 is 0. The highest BCUT2D eigenvalue weighted by molar-refractivity contribution is 5.89. The first-order valence-electron chi connectivity index (χ1n) is 10.4. The highest BCUT2D eigenvalue weighted by atomic mass is 19.1. The monoisotopic (exact) mass is 429 g/mol. The molecule has 0 radical (unpaired) electrons. The summed E-state index contributed by atoms with van der Waals surface area (Å²) in [5, 5.41) is 3.71. The van der Waals surface area contributed by atoms with Crippen molar-refractivity contribution in [1.29, 1.82) is 0 Å². The minimum Gasteiger partial charge on any atom is -0.321 e. The van der Waals surface area contributed by atoms with Gasteiger partial charge in [-0.15, -0.1) is 0 Å². The Hall–Kier alpha value is -3.93. The molecule has 5 nitrogen and oxygen atoms in total. The predicted molar refractivity (Wildman–Crippen MR) is 125 cm³/mol. The number of nitrogens with zero attached hydrogens (tertiary/aromatic N) is 1. The van der Waals surface area contributed by atoms with Gasteiger partial charge in [-0.3, -0.25) is 4.79 Å².